The molecule has 1 aromatic carbocycles. The van der Waals surface area contributed by atoms with Crippen LogP contribution in [0.3, 0.4) is 0 Å². The zero-order valence-corrected chi connectivity index (χ0v) is 15.5. The summed E-state index contributed by atoms with van der Waals surface area (Å²) < 4.78 is 7.45. The Morgan fingerprint density at radius 1 is 1.11 bits per heavy atom. The molecule has 1 amide bonds. The van der Waals surface area contributed by atoms with Gasteiger partial charge < -0.3 is 10.1 Å². The first-order valence-electron chi connectivity index (χ1n) is 8.15. The van der Waals surface area contributed by atoms with Crippen molar-refractivity contribution in [1.29, 1.82) is 0 Å². The number of thiophene rings is 1. The maximum Gasteiger partial charge on any atom is 0.337 e. The normalized spacial score (nSPS) is 10.7. The summed E-state index contributed by atoms with van der Waals surface area (Å²) in [5, 5.41) is 4.39. The Kier molecular flexibility index (Phi) is 5.22. The van der Waals surface area contributed by atoms with E-state index in [2.05, 4.69) is 10.1 Å². The van der Waals surface area contributed by atoms with Gasteiger partial charge in [-0.25, -0.2) is 9.59 Å². The van der Waals surface area contributed by atoms with E-state index in [0.29, 0.717) is 21.5 Å². The van der Waals surface area contributed by atoms with E-state index >= 15 is 0 Å². The highest BCUT2D eigenvalue weighted by molar-refractivity contribution is 7.17. The summed E-state index contributed by atoms with van der Waals surface area (Å²) in [6, 6.07) is 7.85. The van der Waals surface area contributed by atoms with Gasteiger partial charge in [-0.3, -0.25) is 18.7 Å². The van der Waals surface area contributed by atoms with Gasteiger partial charge in [0.05, 0.1) is 18.2 Å². The molecule has 0 aliphatic rings. The van der Waals surface area contributed by atoms with Crippen LogP contribution in [0.2, 0.25) is 0 Å². The number of nitrogens with one attached hydrogen (secondary N) is 1. The van der Waals surface area contributed by atoms with Gasteiger partial charge in [0.1, 0.15) is 11.2 Å². The molecule has 0 fully saturated rings. The lowest BCUT2D eigenvalue weighted by atomic mass is 10.2. The minimum absolute atomic E-state index is 0.224. The fourth-order valence-corrected chi connectivity index (χ4v) is 3.56. The van der Waals surface area contributed by atoms with Crippen LogP contribution in [-0.2, 0) is 22.6 Å². The Labute approximate surface area is 157 Å². The van der Waals surface area contributed by atoms with Crippen molar-refractivity contribution in [2.24, 2.45) is 0 Å². The highest BCUT2D eigenvalue weighted by Gasteiger charge is 2.15. The third-order valence-electron chi connectivity index (χ3n) is 4.04. The molecular weight excluding hydrogens is 370 g/mol. The van der Waals surface area contributed by atoms with Gasteiger partial charge in [0.25, 0.3) is 5.56 Å². The molecule has 9 heteroatoms. The second-order valence-electron chi connectivity index (χ2n) is 5.67. The molecule has 8 nitrogen and oxygen atoms in total. The van der Waals surface area contributed by atoms with Crippen LogP contribution in [0.1, 0.15) is 17.3 Å². The summed E-state index contributed by atoms with van der Waals surface area (Å²) in [7, 11) is 1.29. The summed E-state index contributed by atoms with van der Waals surface area (Å²) in [6.45, 7) is 1.70. The van der Waals surface area contributed by atoms with Crippen LogP contribution in [-0.4, -0.2) is 28.1 Å². The number of ether oxygens (including phenoxy) is 1. The van der Waals surface area contributed by atoms with Crippen molar-refractivity contribution in [3.63, 3.8) is 0 Å². The number of methoxy groups -OCH3 is 1. The van der Waals surface area contributed by atoms with Crippen molar-refractivity contribution in [1.82, 2.24) is 9.13 Å². The van der Waals surface area contributed by atoms with Crippen LogP contribution in [0.25, 0.3) is 10.2 Å². The molecule has 3 aromatic rings. The van der Waals surface area contributed by atoms with Gasteiger partial charge in [-0.2, -0.15) is 0 Å². The summed E-state index contributed by atoms with van der Waals surface area (Å²) in [4.78, 5) is 48.7. The molecule has 0 atom stereocenters. The number of hydrogen-bond donors (Lipinski definition) is 1. The van der Waals surface area contributed by atoms with Crippen LogP contribution >= 0.6 is 11.3 Å². The van der Waals surface area contributed by atoms with Crippen molar-refractivity contribution < 1.29 is 14.3 Å². The van der Waals surface area contributed by atoms with Crippen LogP contribution in [0.15, 0.2) is 45.3 Å². The van der Waals surface area contributed by atoms with Crippen LogP contribution < -0.4 is 16.6 Å². The number of esters is 1. The Balaban J connectivity index is 1.86. The van der Waals surface area contributed by atoms with Gasteiger partial charge in [-0.1, -0.05) is 0 Å². The predicted molar refractivity (Wildman–Crippen MR) is 102 cm³/mol. The fraction of sp³-hybridized carbons (Fsp3) is 0.222. The lowest BCUT2D eigenvalue weighted by Gasteiger charge is -2.11. The number of rotatable bonds is 5. The third kappa shape index (κ3) is 3.54. The van der Waals surface area contributed by atoms with Gasteiger partial charge in [-0.05, 0) is 42.6 Å². The van der Waals surface area contributed by atoms with E-state index in [-0.39, 0.29) is 18.6 Å². The SMILES string of the molecule is CCn1c(=O)c2sccc2n(CC(=O)Nc2ccc(C(=O)OC)cc2)c1=O. The van der Waals surface area contributed by atoms with E-state index in [1.807, 2.05) is 0 Å². The molecule has 140 valence electrons. The topological polar surface area (TPSA) is 99.4 Å². The molecule has 0 saturated carbocycles. The van der Waals surface area contributed by atoms with E-state index in [1.165, 1.54) is 35.1 Å². The number of hydrogen-bond acceptors (Lipinski definition) is 6. The first-order valence-corrected chi connectivity index (χ1v) is 9.03. The summed E-state index contributed by atoms with van der Waals surface area (Å²) in [5.74, 6) is -0.891. The number of nitrogens with zero attached hydrogens (tertiary/aromatic N) is 2. The van der Waals surface area contributed by atoms with Crippen molar-refractivity contribution in [2.75, 3.05) is 12.4 Å². The molecule has 0 saturated heterocycles. The fourth-order valence-electron chi connectivity index (χ4n) is 2.72. The van der Waals surface area contributed by atoms with Crippen LogP contribution in [0.5, 0.6) is 0 Å². The minimum Gasteiger partial charge on any atom is -0.465 e. The van der Waals surface area contributed by atoms with Gasteiger partial charge in [0.2, 0.25) is 5.91 Å². The number of fused-ring (bicyclic) bond motifs is 1. The highest BCUT2D eigenvalue weighted by Crippen LogP contribution is 2.16. The number of aromatic nitrogens is 2. The van der Waals surface area contributed by atoms with E-state index in [9.17, 15) is 19.2 Å². The Morgan fingerprint density at radius 3 is 2.44 bits per heavy atom. The average Bonchev–Trinajstić information content (AvgIpc) is 3.15. The first kappa shape index (κ1) is 18.6. The quantitative estimate of drug-likeness (QED) is 0.672. The number of benzene rings is 1. The minimum atomic E-state index is -0.524. The molecule has 0 spiro atoms. The monoisotopic (exact) mass is 387 g/mol. The largest absolute Gasteiger partial charge is 0.465 e. The molecular formula is C18H17N3O5S. The molecule has 2 aromatic heterocycles. The lowest BCUT2D eigenvalue weighted by Crippen LogP contribution is -2.40. The Hall–Kier alpha value is -3.20. The number of carbonyl (C=O) groups is 2. The van der Waals surface area contributed by atoms with E-state index in [4.69, 9.17) is 0 Å². The molecule has 0 radical (unpaired) electrons. The van der Waals surface area contributed by atoms with E-state index < -0.39 is 17.6 Å². The molecule has 0 aliphatic carbocycles. The predicted octanol–water partition coefficient (Wildman–Crippen LogP) is 1.67. The summed E-state index contributed by atoms with van der Waals surface area (Å²) in [5.41, 5.74) is 0.413. The number of anilines is 1. The number of carbonyl (C=O) groups excluding carboxylic acids is 2. The zero-order chi connectivity index (χ0) is 19.6. The van der Waals surface area contributed by atoms with Crippen LogP contribution in [0, 0.1) is 0 Å². The Morgan fingerprint density at radius 2 is 1.81 bits per heavy atom. The molecule has 1 N–H and O–H groups in total. The standard InChI is InChI=1S/C18H17N3O5S/c1-3-20-16(23)15-13(8-9-27-15)21(18(20)25)10-14(22)19-12-6-4-11(5-7-12)17(24)26-2/h4-9H,3,10H2,1-2H3,(H,19,22). The van der Waals surface area contributed by atoms with Crippen molar-refractivity contribution in [3.05, 3.63) is 62.1 Å². The second-order valence-corrected chi connectivity index (χ2v) is 6.59. The Bertz CT molecular complexity index is 1120. The van der Waals surface area contributed by atoms with E-state index in [1.54, 1.807) is 30.5 Å². The molecule has 0 bridgehead atoms. The summed E-state index contributed by atoms with van der Waals surface area (Å²) >= 11 is 1.24. The third-order valence-corrected chi connectivity index (χ3v) is 4.94. The molecule has 0 unspecified atom stereocenters. The van der Waals surface area contributed by atoms with Gasteiger partial charge in [-0.15, -0.1) is 11.3 Å². The molecule has 3 rings (SSSR count). The number of amides is 1. The second kappa shape index (κ2) is 7.58. The van der Waals surface area contributed by atoms with Gasteiger partial charge >= 0.3 is 11.7 Å². The highest BCUT2D eigenvalue weighted by atomic mass is 32.1. The smallest absolute Gasteiger partial charge is 0.337 e. The average molecular weight is 387 g/mol. The van der Waals surface area contributed by atoms with Crippen LogP contribution in [0.4, 0.5) is 5.69 Å². The van der Waals surface area contributed by atoms with Crippen molar-refractivity contribution in [2.45, 2.75) is 20.0 Å². The van der Waals surface area contributed by atoms with Crippen molar-refractivity contribution >= 4 is 39.1 Å². The molecule has 2 heterocycles. The molecule has 27 heavy (non-hydrogen) atoms. The first-order chi connectivity index (χ1) is 13.0. The van der Waals surface area contributed by atoms with E-state index in [0.717, 1.165) is 4.57 Å². The molecule has 0 aliphatic heterocycles. The maximum atomic E-state index is 12.6. The van der Waals surface area contributed by atoms with Gasteiger partial charge in [0, 0.05) is 12.2 Å². The van der Waals surface area contributed by atoms with Crippen molar-refractivity contribution in [3.8, 4) is 0 Å². The lowest BCUT2D eigenvalue weighted by molar-refractivity contribution is -0.116. The maximum absolute atomic E-state index is 12.6. The summed E-state index contributed by atoms with van der Waals surface area (Å²) in [6.07, 6.45) is 0. The zero-order valence-electron chi connectivity index (χ0n) is 14.7. The van der Waals surface area contributed by atoms with Gasteiger partial charge in [0.15, 0.2) is 0 Å².